The normalized spacial score (nSPS) is 10.5. The van der Waals surface area contributed by atoms with Gasteiger partial charge in [-0.1, -0.05) is 18.2 Å². The van der Waals surface area contributed by atoms with Crippen LogP contribution in [0.25, 0.3) is 0 Å². The van der Waals surface area contributed by atoms with Crippen LogP contribution in [0.1, 0.15) is 5.56 Å². The molecule has 0 aliphatic heterocycles. The maximum atomic E-state index is 11.6. The quantitative estimate of drug-likeness (QED) is 0.318. The van der Waals surface area contributed by atoms with E-state index in [2.05, 4.69) is 10.5 Å². The summed E-state index contributed by atoms with van der Waals surface area (Å²) in [6.45, 7) is -0.478. The monoisotopic (exact) mass is 331 g/mol. The van der Waals surface area contributed by atoms with E-state index < -0.39 is 17.4 Å². The zero-order chi connectivity index (χ0) is 17.5. The molecule has 2 aromatic carbocycles. The number of amides is 1. The predicted molar refractivity (Wildman–Crippen MR) is 84.1 cm³/mol. The first-order chi connectivity index (χ1) is 11.5. The van der Waals surface area contributed by atoms with Crippen molar-refractivity contribution in [3.8, 4) is 17.2 Å². The van der Waals surface area contributed by atoms with Crippen molar-refractivity contribution < 1.29 is 24.7 Å². The number of carbonyl (C=O) groups excluding carboxylic acids is 1. The molecule has 0 heterocycles. The van der Waals surface area contributed by atoms with Gasteiger partial charge in [0.05, 0.1) is 11.1 Å². The van der Waals surface area contributed by atoms with Crippen LogP contribution >= 0.6 is 0 Å². The molecular formula is C15H13N3O6. The minimum atomic E-state index is -0.649. The molecule has 0 saturated carbocycles. The molecular weight excluding hydrogens is 318 g/mol. The van der Waals surface area contributed by atoms with Crippen molar-refractivity contribution in [3.05, 3.63) is 58.1 Å². The molecule has 0 aromatic heterocycles. The zero-order valence-electron chi connectivity index (χ0n) is 12.2. The molecule has 0 bridgehead atoms. The SMILES string of the molecule is O=C(COc1ccccc1[N+](=O)[O-])NN=Cc1cccc(O)c1O. The van der Waals surface area contributed by atoms with Gasteiger partial charge in [0, 0.05) is 11.6 Å². The van der Waals surface area contributed by atoms with Gasteiger partial charge in [0.25, 0.3) is 5.91 Å². The molecule has 1 amide bonds. The molecule has 124 valence electrons. The number of nitrogens with one attached hydrogen (secondary N) is 1. The number of nitrogens with zero attached hydrogens (tertiary/aromatic N) is 2. The van der Waals surface area contributed by atoms with Gasteiger partial charge in [-0.2, -0.15) is 5.10 Å². The van der Waals surface area contributed by atoms with E-state index in [0.717, 1.165) is 6.21 Å². The van der Waals surface area contributed by atoms with E-state index in [1.807, 2.05) is 0 Å². The van der Waals surface area contributed by atoms with Crippen molar-refractivity contribution in [2.24, 2.45) is 5.10 Å². The second-order valence-corrected chi connectivity index (χ2v) is 4.52. The molecule has 9 nitrogen and oxygen atoms in total. The number of nitro groups is 1. The zero-order valence-corrected chi connectivity index (χ0v) is 12.2. The van der Waals surface area contributed by atoms with E-state index in [9.17, 15) is 25.1 Å². The number of nitro benzene ring substituents is 1. The topological polar surface area (TPSA) is 134 Å². The fourth-order valence-electron chi connectivity index (χ4n) is 1.73. The van der Waals surface area contributed by atoms with Gasteiger partial charge in [0.2, 0.25) is 0 Å². The standard InChI is InChI=1S/C15H13N3O6/c19-12-6-3-4-10(15(12)21)8-16-17-14(20)9-24-13-7-2-1-5-11(13)18(22)23/h1-8,19,21H,9H2,(H,17,20). The fraction of sp³-hybridized carbons (Fsp3) is 0.0667. The van der Waals surface area contributed by atoms with Crippen LogP contribution in [-0.2, 0) is 4.79 Å². The minimum Gasteiger partial charge on any atom is -0.504 e. The Balaban J connectivity index is 1.91. The Morgan fingerprint density at radius 1 is 1.25 bits per heavy atom. The Bertz CT molecular complexity index is 791. The number of ether oxygens (including phenoxy) is 1. The summed E-state index contributed by atoms with van der Waals surface area (Å²) in [7, 11) is 0. The highest BCUT2D eigenvalue weighted by molar-refractivity contribution is 5.86. The van der Waals surface area contributed by atoms with Crippen molar-refractivity contribution in [1.82, 2.24) is 5.43 Å². The Labute approximate surface area is 136 Å². The average molecular weight is 331 g/mol. The summed E-state index contributed by atoms with van der Waals surface area (Å²) in [5, 5.41) is 33.3. The van der Waals surface area contributed by atoms with Gasteiger partial charge >= 0.3 is 5.69 Å². The van der Waals surface area contributed by atoms with Gasteiger partial charge in [-0.3, -0.25) is 14.9 Å². The highest BCUT2D eigenvalue weighted by atomic mass is 16.6. The molecule has 24 heavy (non-hydrogen) atoms. The van der Waals surface area contributed by atoms with E-state index in [1.54, 1.807) is 6.07 Å². The first kappa shape index (κ1) is 16.7. The van der Waals surface area contributed by atoms with Crippen LogP contribution in [0.5, 0.6) is 17.2 Å². The number of carbonyl (C=O) groups is 1. The number of aromatic hydroxyl groups is 2. The second kappa shape index (κ2) is 7.58. The summed E-state index contributed by atoms with van der Waals surface area (Å²) in [4.78, 5) is 21.8. The fourth-order valence-corrected chi connectivity index (χ4v) is 1.73. The summed E-state index contributed by atoms with van der Waals surface area (Å²) < 4.78 is 5.09. The van der Waals surface area contributed by atoms with Crippen molar-refractivity contribution in [1.29, 1.82) is 0 Å². The molecule has 0 spiro atoms. The number of rotatable bonds is 6. The van der Waals surface area contributed by atoms with Crippen LogP contribution in [0.2, 0.25) is 0 Å². The molecule has 0 aliphatic carbocycles. The van der Waals surface area contributed by atoms with Crippen molar-refractivity contribution in [2.45, 2.75) is 0 Å². The number of benzene rings is 2. The summed E-state index contributed by atoms with van der Waals surface area (Å²) in [6.07, 6.45) is 1.14. The van der Waals surface area contributed by atoms with Gasteiger partial charge in [0.1, 0.15) is 0 Å². The maximum absolute atomic E-state index is 11.6. The lowest BCUT2D eigenvalue weighted by Crippen LogP contribution is -2.24. The third-order valence-electron chi connectivity index (χ3n) is 2.86. The lowest BCUT2D eigenvalue weighted by Gasteiger charge is -2.05. The highest BCUT2D eigenvalue weighted by Gasteiger charge is 2.14. The summed E-state index contributed by atoms with van der Waals surface area (Å²) >= 11 is 0. The van der Waals surface area contributed by atoms with Crippen LogP contribution in [0.4, 0.5) is 5.69 Å². The number of hydrogen-bond donors (Lipinski definition) is 3. The number of hydrazone groups is 1. The Kier molecular flexibility index (Phi) is 5.29. The van der Waals surface area contributed by atoms with Crippen LogP contribution < -0.4 is 10.2 Å². The van der Waals surface area contributed by atoms with Gasteiger partial charge in [-0.25, -0.2) is 5.43 Å². The maximum Gasteiger partial charge on any atom is 0.310 e. The van der Waals surface area contributed by atoms with Crippen LogP contribution in [0.15, 0.2) is 47.6 Å². The third-order valence-corrected chi connectivity index (χ3v) is 2.86. The van der Waals surface area contributed by atoms with Crippen molar-refractivity contribution in [3.63, 3.8) is 0 Å². The number of hydrogen-bond acceptors (Lipinski definition) is 7. The lowest BCUT2D eigenvalue weighted by molar-refractivity contribution is -0.385. The lowest BCUT2D eigenvalue weighted by atomic mass is 10.2. The number of para-hydroxylation sites is 3. The highest BCUT2D eigenvalue weighted by Crippen LogP contribution is 2.27. The molecule has 0 fully saturated rings. The van der Waals surface area contributed by atoms with Gasteiger partial charge in [0.15, 0.2) is 23.9 Å². The average Bonchev–Trinajstić information content (AvgIpc) is 2.57. The molecule has 0 unspecified atom stereocenters. The smallest absolute Gasteiger partial charge is 0.310 e. The van der Waals surface area contributed by atoms with Crippen LogP contribution in [-0.4, -0.2) is 33.9 Å². The number of phenols is 2. The second-order valence-electron chi connectivity index (χ2n) is 4.52. The molecule has 9 heteroatoms. The van der Waals surface area contributed by atoms with Crippen molar-refractivity contribution in [2.75, 3.05) is 6.61 Å². The largest absolute Gasteiger partial charge is 0.504 e. The Morgan fingerprint density at radius 2 is 2.00 bits per heavy atom. The Morgan fingerprint density at radius 3 is 2.75 bits per heavy atom. The van der Waals surface area contributed by atoms with Crippen LogP contribution in [0.3, 0.4) is 0 Å². The molecule has 2 rings (SSSR count). The molecule has 0 saturated heterocycles. The molecule has 0 aliphatic rings. The van der Waals surface area contributed by atoms with Crippen LogP contribution in [0, 0.1) is 10.1 Å². The Hall–Kier alpha value is -3.62. The van der Waals surface area contributed by atoms with E-state index >= 15 is 0 Å². The third kappa shape index (κ3) is 4.19. The first-order valence-electron chi connectivity index (χ1n) is 6.68. The van der Waals surface area contributed by atoms with E-state index in [1.165, 1.54) is 36.4 Å². The van der Waals surface area contributed by atoms with E-state index in [4.69, 9.17) is 4.74 Å². The minimum absolute atomic E-state index is 0.0349. The van der Waals surface area contributed by atoms with Gasteiger partial charge < -0.3 is 14.9 Å². The molecule has 0 atom stereocenters. The molecule has 3 N–H and O–H groups in total. The summed E-state index contributed by atoms with van der Waals surface area (Å²) in [6, 6.07) is 9.94. The molecule has 0 radical (unpaired) electrons. The van der Waals surface area contributed by atoms with E-state index in [-0.39, 0.29) is 28.5 Å². The molecule has 2 aromatic rings. The summed E-state index contributed by atoms with van der Waals surface area (Å²) in [5.74, 6) is -1.37. The van der Waals surface area contributed by atoms with Gasteiger partial charge in [-0.15, -0.1) is 0 Å². The van der Waals surface area contributed by atoms with Gasteiger partial charge in [-0.05, 0) is 18.2 Å². The van der Waals surface area contributed by atoms with Crippen molar-refractivity contribution >= 4 is 17.8 Å². The first-order valence-corrected chi connectivity index (χ1v) is 6.68. The van der Waals surface area contributed by atoms with E-state index in [0.29, 0.717) is 0 Å². The number of phenolic OH excluding ortho intramolecular Hbond substituents is 2. The summed E-state index contributed by atoms with van der Waals surface area (Å²) in [5.41, 5.74) is 2.09. The predicted octanol–water partition coefficient (Wildman–Crippen LogP) is 1.54.